The standard InChI is InChI=1S/C4H6N2O3S2.Na/c7-11(8,9)3-6-2-1-5-4(6)10;/h1-2H,3H2,(H,5,10)(H,7,8,9);/q;+1/p-1. The van der Waals surface area contributed by atoms with Crippen LogP contribution in [0.4, 0.5) is 0 Å². The van der Waals surface area contributed by atoms with Crippen LogP contribution in [0.25, 0.3) is 0 Å². The average molecular weight is 216 g/mol. The summed E-state index contributed by atoms with van der Waals surface area (Å²) >= 11 is 4.66. The van der Waals surface area contributed by atoms with Gasteiger partial charge in [0.2, 0.25) is 0 Å². The Morgan fingerprint density at radius 3 is 2.58 bits per heavy atom. The van der Waals surface area contributed by atoms with Gasteiger partial charge in [-0.05, 0) is 12.2 Å². The van der Waals surface area contributed by atoms with E-state index in [9.17, 15) is 13.0 Å². The molecule has 0 amide bonds. The van der Waals surface area contributed by atoms with Crippen LogP contribution in [0.3, 0.4) is 0 Å². The second kappa shape index (κ2) is 4.54. The average Bonchev–Trinajstić information content (AvgIpc) is 2.12. The van der Waals surface area contributed by atoms with E-state index in [2.05, 4.69) is 17.2 Å². The number of rotatable bonds is 2. The molecule has 12 heavy (non-hydrogen) atoms. The Balaban J connectivity index is 0.00000121. The normalized spacial score (nSPS) is 10.8. The monoisotopic (exact) mass is 216 g/mol. The molecule has 0 aliphatic heterocycles. The third kappa shape index (κ3) is 3.83. The van der Waals surface area contributed by atoms with Crippen LogP contribution in [0.15, 0.2) is 12.4 Å². The van der Waals surface area contributed by atoms with Crippen LogP contribution in [0.2, 0.25) is 0 Å². The molecule has 1 N–H and O–H groups in total. The molecule has 0 bridgehead atoms. The van der Waals surface area contributed by atoms with Gasteiger partial charge in [-0.3, -0.25) is 0 Å². The third-order valence-electron chi connectivity index (χ3n) is 1.02. The number of aromatic amines is 1. The van der Waals surface area contributed by atoms with Crippen LogP contribution in [-0.2, 0) is 16.0 Å². The van der Waals surface area contributed by atoms with Crippen molar-refractivity contribution in [2.75, 3.05) is 0 Å². The van der Waals surface area contributed by atoms with E-state index >= 15 is 0 Å². The summed E-state index contributed by atoms with van der Waals surface area (Å²) in [5.74, 6) is -0.616. The molecule has 8 heteroatoms. The number of hydrogen-bond acceptors (Lipinski definition) is 4. The summed E-state index contributed by atoms with van der Waals surface area (Å²) in [6.45, 7) is 0. The van der Waals surface area contributed by atoms with Crippen LogP contribution >= 0.6 is 12.2 Å². The fourth-order valence-corrected chi connectivity index (χ4v) is 1.45. The van der Waals surface area contributed by atoms with Gasteiger partial charge in [0.05, 0.1) is 0 Å². The Kier molecular flexibility index (Phi) is 4.67. The summed E-state index contributed by atoms with van der Waals surface area (Å²) in [6.07, 6.45) is 2.87. The largest absolute Gasteiger partial charge is 1.00 e. The molecule has 0 aliphatic carbocycles. The molecular weight excluding hydrogens is 211 g/mol. The SMILES string of the molecule is O=S(=O)([O-])Cn1cc[nH]c1=S.[Na+]. The first-order valence-corrected chi connectivity index (χ1v) is 4.65. The molecule has 0 saturated carbocycles. The molecule has 0 radical (unpaired) electrons. The predicted molar refractivity (Wildman–Crippen MR) is 39.3 cm³/mol. The fourth-order valence-electron chi connectivity index (χ4n) is 0.621. The van der Waals surface area contributed by atoms with Gasteiger partial charge in [-0.25, -0.2) is 8.42 Å². The first-order chi connectivity index (χ1) is 4.99. The Bertz CT molecular complexity index is 392. The van der Waals surface area contributed by atoms with E-state index in [-0.39, 0.29) is 34.3 Å². The van der Waals surface area contributed by atoms with Crippen molar-refractivity contribution in [1.82, 2.24) is 9.55 Å². The summed E-state index contributed by atoms with van der Waals surface area (Å²) in [6, 6.07) is 0. The van der Waals surface area contributed by atoms with Gasteiger partial charge < -0.3 is 14.1 Å². The molecule has 0 saturated heterocycles. The molecule has 0 spiro atoms. The summed E-state index contributed by atoms with van der Waals surface area (Å²) in [4.78, 5) is 2.57. The Morgan fingerprint density at radius 1 is 1.67 bits per heavy atom. The van der Waals surface area contributed by atoms with Gasteiger partial charge in [0.15, 0.2) is 4.77 Å². The summed E-state index contributed by atoms with van der Waals surface area (Å²) in [7, 11) is -4.24. The molecule has 0 aromatic carbocycles. The van der Waals surface area contributed by atoms with Crippen molar-refractivity contribution in [2.45, 2.75) is 5.88 Å². The van der Waals surface area contributed by atoms with E-state index < -0.39 is 16.0 Å². The van der Waals surface area contributed by atoms with E-state index in [0.29, 0.717) is 0 Å². The zero-order valence-corrected chi connectivity index (χ0v) is 9.98. The zero-order chi connectivity index (χ0) is 8.48. The van der Waals surface area contributed by atoms with Crippen LogP contribution in [0.5, 0.6) is 0 Å². The number of nitrogens with one attached hydrogen (secondary N) is 1. The van der Waals surface area contributed by atoms with Crippen molar-refractivity contribution in [3.8, 4) is 0 Å². The van der Waals surface area contributed by atoms with Crippen LogP contribution in [-0.4, -0.2) is 22.5 Å². The number of nitrogens with zero attached hydrogens (tertiary/aromatic N) is 1. The molecule has 1 rings (SSSR count). The van der Waals surface area contributed by atoms with Crippen molar-refractivity contribution in [3.05, 3.63) is 17.2 Å². The van der Waals surface area contributed by atoms with Crippen LogP contribution in [0.1, 0.15) is 0 Å². The molecule has 0 atom stereocenters. The van der Waals surface area contributed by atoms with Gasteiger partial charge in [0.25, 0.3) is 0 Å². The smallest absolute Gasteiger partial charge is 0.747 e. The minimum atomic E-state index is -4.24. The van der Waals surface area contributed by atoms with E-state index in [1.165, 1.54) is 12.4 Å². The van der Waals surface area contributed by atoms with Crippen LogP contribution < -0.4 is 29.6 Å². The number of H-pyrrole nitrogens is 1. The van der Waals surface area contributed by atoms with Crippen LogP contribution in [0, 0.1) is 4.77 Å². The first-order valence-electron chi connectivity index (χ1n) is 2.66. The van der Waals surface area contributed by atoms with Gasteiger partial charge >= 0.3 is 29.6 Å². The predicted octanol–water partition coefficient (Wildman–Crippen LogP) is -2.95. The number of imidazole rings is 1. The second-order valence-corrected chi connectivity index (χ2v) is 3.68. The zero-order valence-electron chi connectivity index (χ0n) is 6.35. The van der Waals surface area contributed by atoms with E-state index in [0.717, 1.165) is 4.57 Å². The van der Waals surface area contributed by atoms with Gasteiger partial charge in [0, 0.05) is 12.4 Å². The quantitative estimate of drug-likeness (QED) is 0.326. The van der Waals surface area contributed by atoms with E-state index in [4.69, 9.17) is 0 Å². The maximum Gasteiger partial charge on any atom is 1.00 e. The molecule has 0 aliphatic rings. The van der Waals surface area contributed by atoms with Gasteiger partial charge in [-0.2, -0.15) is 0 Å². The Hall–Kier alpha value is 0.340. The number of aromatic nitrogens is 2. The minimum Gasteiger partial charge on any atom is -0.747 e. The van der Waals surface area contributed by atoms with Crippen molar-refractivity contribution >= 4 is 22.3 Å². The summed E-state index contributed by atoms with van der Waals surface area (Å²) in [5.41, 5.74) is 0. The van der Waals surface area contributed by atoms with Crippen molar-refractivity contribution in [1.29, 1.82) is 0 Å². The maximum absolute atomic E-state index is 10.2. The van der Waals surface area contributed by atoms with E-state index in [1.54, 1.807) is 0 Å². The topological polar surface area (TPSA) is 77.9 Å². The summed E-state index contributed by atoms with van der Waals surface area (Å²) < 4.78 is 32.0. The third-order valence-corrected chi connectivity index (χ3v) is 1.97. The first kappa shape index (κ1) is 12.3. The van der Waals surface area contributed by atoms with Crippen molar-refractivity contribution in [3.63, 3.8) is 0 Å². The molecule has 1 heterocycles. The fraction of sp³-hybridized carbons (Fsp3) is 0.250. The molecule has 0 fully saturated rings. The molecule has 1 aromatic heterocycles. The molecular formula is C4H5N2NaO3S2. The summed E-state index contributed by atoms with van der Waals surface area (Å²) in [5, 5.41) is 0. The minimum absolute atomic E-state index is 0. The van der Waals surface area contributed by atoms with Gasteiger partial charge in [-0.1, -0.05) is 0 Å². The molecule has 62 valence electrons. The van der Waals surface area contributed by atoms with Crippen molar-refractivity contribution < 1.29 is 42.5 Å². The molecule has 1 aromatic rings. The van der Waals surface area contributed by atoms with Crippen molar-refractivity contribution in [2.24, 2.45) is 0 Å². The van der Waals surface area contributed by atoms with Gasteiger partial charge in [-0.15, -0.1) is 0 Å². The maximum atomic E-state index is 10.2. The van der Waals surface area contributed by atoms with Gasteiger partial charge in [0.1, 0.15) is 16.0 Å². The second-order valence-electron chi connectivity index (χ2n) is 1.92. The number of hydrogen-bond donors (Lipinski definition) is 1. The Morgan fingerprint density at radius 2 is 2.25 bits per heavy atom. The molecule has 0 unspecified atom stereocenters. The van der Waals surface area contributed by atoms with E-state index in [1.807, 2.05) is 0 Å². The Labute approximate surface area is 96.8 Å². The molecule has 5 nitrogen and oxygen atoms in total.